The van der Waals surface area contributed by atoms with Gasteiger partial charge in [-0.05, 0) is 38.2 Å². The first-order valence-corrected chi connectivity index (χ1v) is 2.79. The number of terminal acetylenes is 1. The maximum atomic E-state index is 4.93. The molecule has 0 N–H and O–H groups in total. The molecule has 0 aromatic heterocycles. The van der Waals surface area contributed by atoms with Crippen LogP contribution in [0.5, 0.6) is 0 Å². The van der Waals surface area contributed by atoms with Crippen LogP contribution in [-0.4, -0.2) is 0 Å². The molecule has 0 rings (SSSR count). The number of rotatable bonds is 0. The molecular formula is C9H10. The molecule has 0 aliphatic rings. The van der Waals surface area contributed by atoms with Gasteiger partial charge in [0.2, 0.25) is 0 Å². The molecule has 0 amide bonds. The highest BCUT2D eigenvalue weighted by atomic mass is 13.9. The van der Waals surface area contributed by atoms with Crippen LogP contribution >= 0.6 is 0 Å². The first kappa shape index (κ1) is 7.86. The van der Waals surface area contributed by atoms with Gasteiger partial charge in [0.25, 0.3) is 0 Å². The van der Waals surface area contributed by atoms with E-state index in [2.05, 4.69) is 17.8 Å². The van der Waals surface area contributed by atoms with Gasteiger partial charge < -0.3 is 0 Å². The monoisotopic (exact) mass is 118 g/mol. The molecule has 0 heteroatoms. The van der Waals surface area contributed by atoms with E-state index in [1.54, 1.807) is 0 Å². The fraction of sp³-hybridized carbons (Fsp3) is 0.333. The Morgan fingerprint density at radius 1 is 1.22 bits per heavy atom. The van der Waals surface area contributed by atoms with Crippen molar-refractivity contribution in [2.24, 2.45) is 0 Å². The molecule has 0 spiro atoms. The number of hydrogen-bond acceptors (Lipinski definition) is 0. The molecule has 46 valence electrons. The maximum absolute atomic E-state index is 4.93. The maximum Gasteiger partial charge on any atom is -0.00140 e. The highest BCUT2D eigenvalue weighted by Crippen LogP contribution is 1.97. The second kappa shape index (κ2) is 3.81. The van der Waals surface area contributed by atoms with Crippen LogP contribution in [0.2, 0.25) is 0 Å². The molecule has 0 unspecified atom stereocenters. The van der Waals surface area contributed by atoms with Crippen molar-refractivity contribution < 1.29 is 0 Å². The van der Waals surface area contributed by atoms with E-state index in [1.807, 2.05) is 20.8 Å². The largest absolute Gasteiger partial charge is 0.106 e. The third-order valence-electron chi connectivity index (χ3n) is 1.07. The summed E-state index contributed by atoms with van der Waals surface area (Å²) in [5.41, 5.74) is 2.28. The fourth-order valence-corrected chi connectivity index (χ4v) is 0.255. The molecular weight excluding hydrogens is 108 g/mol. The normalized spacial score (nSPS) is 6.44. The fourth-order valence-electron chi connectivity index (χ4n) is 0.255. The molecule has 0 aliphatic carbocycles. The molecule has 0 saturated heterocycles. The van der Waals surface area contributed by atoms with Crippen molar-refractivity contribution in [3.8, 4) is 24.2 Å². The number of hydrogen-bond donors (Lipinski definition) is 0. The quantitative estimate of drug-likeness (QED) is 0.427. The zero-order valence-corrected chi connectivity index (χ0v) is 6.08. The standard InChI is InChI=1S/C9H10/c1-5-6-7-9(4)8(2)3/h1H,2-4H3. The van der Waals surface area contributed by atoms with Crippen molar-refractivity contribution >= 4 is 0 Å². The van der Waals surface area contributed by atoms with Crippen LogP contribution in [0.3, 0.4) is 0 Å². The summed E-state index contributed by atoms with van der Waals surface area (Å²) in [6, 6.07) is 0. The zero-order valence-electron chi connectivity index (χ0n) is 6.08. The van der Waals surface area contributed by atoms with Gasteiger partial charge in [0.1, 0.15) is 0 Å². The van der Waals surface area contributed by atoms with Crippen LogP contribution in [0, 0.1) is 24.2 Å². The minimum atomic E-state index is 1.06. The van der Waals surface area contributed by atoms with Gasteiger partial charge in [-0.3, -0.25) is 0 Å². The topological polar surface area (TPSA) is 0 Å². The lowest BCUT2D eigenvalue weighted by Gasteiger charge is -1.88. The lowest BCUT2D eigenvalue weighted by Crippen LogP contribution is -1.72. The summed E-state index contributed by atoms with van der Waals surface area (Å²) in [6.45, 7) is 5.99. The van der Waals surface area contributed by atoms with Gasteiger partial charge in [0, 0.05) is 0 Å². The molecule has 0 aliphatic heterocycles. The van der Waals surface area contributed by atoms with Gasteiger partial charge in [0.05, 0.1) is 0 Å². The van der Waals surface area contributed by atoms with Crippen LogP contribution in [0.15, 0.2) is 11.1 Å². The van der Waals surface area contributed by atoms with Crippen molar-refractivity contribution in [2.45, 2.75) is 20.8 Å². The van der Waals surface area contributed by atoms with E-state index < -0.39 is 0 Å². The second-order valence-electron chi connectivity index (χ2n) is 2.02. The Hall–Kier alpha value is -1.14. The van der Waals surface area contributed by atoms with Crippen molar-refractivity contribution in [2.75, 3.05) is 0 Å². The van der Waals surface area contributed by atoms with E-state index in [9.17, 15) is 0 Å². The lowest BCUT2D eigenvalue weighted by molar-refractivity contribution is 1.31. The average molecular weight is 118 g/mol. The van der Waals surface area contributed by atoms with Gasteiger partial charge in [-0.2, -0.15) is 0 Å². The first-order valence-electron chi connectivity index (χ1n) is 2.79. The van der Waals surface area contributed by atoms with E-state index in [1.165, 1.54) is 5.57 Å². The van der Waals surface area contributed by atoms with Gasteiger partial charge in [0.15, 0.2) is 0 Å². The van der Waals surface area contributed by atoms with Gasteiger partial charge in [-0.25, -0.2) is 0 Å². The van der Waals surface area contributed by atoms with Crippen molar-refractivity contribution in [3.05, 3.63) is 11.1 Å². The predicted octanol–water partition coefficient (Wildman–Crippen LogP) is 1.98. The number of allylic oxidation sites excluding steroid dienone is 2. The molecule has 0 aromatic carbocycles. The third kappa shape index (κ3) is 3.44. The average Bonchev–Trinajstić information content (AvgIpc) is 1.82. The molecule has 0 radical (unpaired) electrons. The van der Waals surface area contributed by atoms with E-state index in [0.29, 0.717) is 0 Å². The summed E-state index contributed by atoms with van der Waals surface area (Å²) < 4.78 is 0. The van der Waals surface area contributed by atoms with Gasteiger partial charge >= 0.3 is 0 Å². The molecule has 0 heterocycles. The lowest BCUT2D eigenvalue weighted by atomic mass is 10.2. The summed E-state index contributed by atoms with van der Waals surface area (Å²) in [5.74, 6) is 7.63. The third-order valence-corrected chi connectivity index (χ3v) is 1.07. The predicted molar refractivity (Wildman–Crippen MR) is 40.7 cm³/mol. The summed E-state index contributed by atoms with van der Waals surface area (Å²) >= 11 is 0. The van der Waals surface area contributed by atoms with Crippen LogP contribution in [0.4, 0.5) is 0 Å². The Kier molecular flexibility index (Phi) is 3.33. The Balaban J connectivity index is 4.29. The van der Waals surface area contributed by atoms with Crippen LogP contribution < -0.4 is 0 Å². The van der Waals surface area contributed by atoms with E-state index in [-0.39, 0.29) is 0 Å². The van der Waals surface area contributed by atoms with E-state index >= 15 is 0 Å². The van der Waals surface area contributed by atoms with Crippen LogP contribution in [-0.2, 0) is 0 Å². The smallest absolute Gasteiger partial charge is 0.00140 e. The minimum absolute atomic E-state index is 1.06. The molecule has 0 bridgehead atoms. The summed E-state index contributed by atoms with van der Waals surface area (Å²) in [6.07, 6.45) is 4.93. The summed E-state index contributed by atoms with van der Waals surface area (Å²) in [5, 5.41) is 0. The molecule has 0 atom stereocenters. The first-order chi connectivity index (χ1) is 4.18. The Labute approximate surface area is 57.0 Å². The van der Waals surface area contributed by atoms with Crippen molar-refractivity contribution in [1.29, 1.82) is 0 Å². The SMILES string of the molecule is C#CC#CC(C)=C(C)C. The van der Waals surface area contributed by atoms with Gasteiger partial charge in [-0.1, -0.05) is 11.5 Å². The summed E-state index contributed by atoms with van der Waals surface area (Å²) in [4.78, 5) is 0. The van der Waals surface area contributed by atoms with Gasteiger partial charge in [-0.15, -0.1) is 6.42 Å². The molecule has 9 heavy (non-hydrogen) atoms. The van der Waals surface area contributed by atoms with E-state index in [4.69, 9.17) is 6.42 Å². The Bertz CT molecular complexity index is 209. The summed E-state index contributed by atoms with van der Waals surface area (Å²) in [7, 11) is 0. The van der Waals surface area contributed by atoms with Crippen molar-refractivity contribution in [1.82, 2.24) is 0 Å². The van der Waals surface area contributed by atoms with Crippen molar-refractivity contribution in [3.63, 3.8) is 0 Å². The Morgan fingerprint density at radius 2 is 1.78 bits per heavy atom. The van der Waals surface area contributed by atoms with Crippen LogP contribution in [0.1, 0.15) is 20.8 Å². The molecule has 0 saturated carbocycles. The Morgan fingerprint density at radius 3 is 2.11 bits per heavy atom. The van der Waals surface area contributed by atoms with Crippen LogP contribution in [0.25, 0.3) is 0 Å². The second-order valence-corrected chi connectivity index (χ2v) is 2.02. The minimum Gasteiger partial charge on any atom is -0.106 e. The van der Waals surface area contributed by atoms with E-state index in [0.717, 1.165) is 5.57 Å². The zero-order chi connectivity index (χ0) is 7.28. The molecule has 0 nitrogen and oxygen atoms in total. The highest BCUT2D eigenvalue weighted by molar-refractivity contribution is 5.36. The highest BCUT2D eigenvalue weighted by Gasteiger charge is 1.81. The molecule has 0 aromatic rings. The molecule has 0 fully saturated rings.